The van der Waals surface area contributed by atoms with E-state index >= 15 is 0 Å². The monoisotopic (exact) mass is 270 g/mol. The first-order valence-electron chi connectivity index (χ1n) is 5.59. The fraction of sp³-hybridized carbons (Fsp3) is 0.417. The van der Waals surface area contributed by atoms with Crippen LogP contribution >= 0.6 is 12.2 Å². The largest absolute Gasteiger partial charge is 0.497 e. The van der Waals surface area contributed by atoms with Crippen molar-refractivity contribution in [3.63, 3.8) is 0 Å². The Balaban J connectivity index is 2.63. The maximum absolute atomic E-state index is 8.67. The highest BCUT2D eigenvalue weighted by Gasteiger charge is 2.06. The summed E-state index contributed by atoms with van der Waals surface area (Å²) >= 11 is 5.13. The lowest BCUT2D eigenvalue weighted by Crippen LogP contribution is -2.29. The SMILES string of the molecule is COc1ccc(NC(=S)NCCCO)c(OC)c1. The number of rotatable bonds is 6. The number of anilines is 1. The van der Waals surface area contributed by atoms with Crippen molar-refractivity contribution in [2.75, 3.05) is 32.7 Å². The molecule has 1 rings (SSSR count). The van der Waals surface area contributed by atoms with Crippen molar-refractivity contribution < 1.29 is 14.6 Å². The third-order valence-corrected chi connectivity index (χ3v) is 2.52. The first-order valence-corrected chi connectivity index (χ1v) is 5.99. The average Bonchev–Trinajstić information content (AvgIpc) is 2.39. The molecule has 0 atom stereocenters. The van der Waals surface area contributed by atoms with Gasteiger partial charge in [0.2, 0.25) is 0 Å². The molecule has 0 saturated carbocycles. The van der Waals surface area contributed by atoms with Crippen molar-refractivity contribution in [2.24, 2.45) is 0 Å². The number of thiocarbonyl (C=S) groups is 1. The number of benzene rings is 1. The van der Waals surface area contributed by atoms with Gasteiger partial charge in [-0.25, -0.2) is 0 Å². The third kappa shape index (κ3) is 4.38. The predicted octanol–water partition coefficient (Wildman–Crippen LogP) is 1.37. The lowest BCUT2D eigenvalue weighted by molar-refractivity contribution is 0.289. The molecule has 0 aliphatic rings. The van der Waals surface area contributed by atoms with Crippen LogP contribution in [-0.4, -0.2) is 37.6 Å². The number of hydrogen-bond donors (Lipinski definition) is 3. The van der Waals surface area contributed by atoms with Crippen LogP contribution < -0.4 is 20.1 Å². The van der Waals surface area contributed by atoms with Gasteiger partial charge >= 0.3 is 0 Å². The molecule has 1 aromatic carbocycles. The molecule has 0 bridgehead atoms. The van der Waals surface area contributed by atoms with Gasteiger partial charge in [0.05, 0.1) is 19.9 Å². The highest BCUT2D eigenvalue weighted by atomic mass is 32.1. The molecule has 0 aliphatic heterocycles. The van der Waals surface area contributed by atoms with E-state index in [4.69, 9.17) is 26.8 Å². The standard InChI is InChI=1S/C12H18N2O3S/c1-16-9-4-5-10(11(8-9)17-2)14-12(18)13-6-3-7-15/h4-5,8,15H,3,6-7H2,1-2H3,(H2,13,14,18). The Morgan fingerprint density at radius 2 is 2.11 bits per heavy atom. The minimum absolute atomic E-state index is 0.140. The molecular formula is C12H18N2O3S. The molecule has 0 unspecified atom stereocenters. The zero-order valence-corrected chi connectivity index (χ0v) is 11.3. The molecule has 0 amide bonds. The lowest BCUT2D eigenvalue weighted by Gasteiger charge is -2.14. The summed E-state index contributed by atoms with van der Waals surface area (Å²) in [5.74, 6) is 1.37. The molecular weight excluding hydrogens is 252 g/mol. The normalized spacial score (nSPS) is 9.72. The smallest absolute Gasteiger partial charge is 0.170 e. The second-order valence-corrected chi connectivity index (χ2v) is 3.93. The Kier molecular flexibility index (Phi) is 6.24. The summed E-state index contributed by atoms with van der Waals surface area (Å²) in [6.45, 7) is 0.766. The molecule has 5 nitrogen and oxygen atoms in total. The number of ether oxygens (including phenoxy) is 2. The van der Waals surface area contributed by atoms with Crippen LogP contribution in [0.4, 0.5) is 5.69 Å². The molecule has 3 N–H and O–H groups in total. The quantitative estimate of drug-likeness (QED) is 0.536. The van der Waals surface area contributed by atoms with Gasteiger partial charge in [0.1, 0.15) is 11.5 Å². The first-order chi connectivity index (χ1) is 8.71. The van der Waals surface area contributed by atoms with Gasteiger partial charge in [0.25, 0.3) is 0 Å². The molecule has 6 heteroatoms. The first kappa shape index (κ1) is 14.5. The Morgan fingerprint density at radius 1 is 1.33 bits per heavy atom. The molecule has 1 aromatic rings. The Labute approximate surface area is 112 Å². The van der Waals surface area contributed by atoms with Gasteiger partial charge in [0, 0.05) is 19.2 Å². The van der Waals surface area contributed by atoms with E-state index in [0.717, 1.165) is 11.4 Å². The summed E-state index contributed by atoms with van der Waals surface area (Å²) < 4.78 is 10.4. The van der Waals surface area contributed by atoms with Crippen molar-refractivity contribution in [1.82, 2.24) is 5.32 Å². The van der Waals surface area contributed by atoms with Gasteiger partial charge in [-0.3, -0.25) is 0 Å². The van der Waals surface area contributed by atoms with Crippen molar-refractivity contribution in [1.29, 1.82) is 0 Å². The summed E-state index contributed by atoms with van der Waals surface area (Å²) in [6.07, 6.45) is 0.654. The Morgan fingerprint density at radius 3 is 2.72 bits per heavy atom. The van der Waals surface area contributed by atoms with Gasteiger partial charge in [-0.05, 0) is 30.8 Å². The molecule has 0 saturated heterocycles. The molecule has 100 valence electrons. The highest BCUT2D eigenvalue weighted by molar-refractivity contribution is 7.80. The molecule has 0 fully saturated rings. The minimum atomic E-state index is 0.140. The van der Waals surface area contributed by atoms with Crippen molar-refractivity contribution in [3.05, 3.63) is 18.2 Å². The van der Waals surface area contributed by atoms with E-state index in [1.54, 1.807) is 20.3 Å². The van der Waals surface area contributed by atoms with E-state index in [2.05, 4.69) is 10.6 Å². The van der Waals surface area contributed by atoms with Gasteiger partial charge in [-0.2, -0.15) is 0 Å². The van der Waals surface area contributed by atoms with Crippen molar-refractivity contribution >= 4 is 23.0 Å². The summed E-state index contributed by atoms with van der Waals surface area (Å²) in [6, 6.07) is 5.43. The predicted molar refractivity (Wildman–Crippen MR) is 75.5 cm³/mol. The van der Waals surface area contributed by atoms with Crippen LogP contribution in [0.25, 0.3) is 0 Å². The van der Waals surface area contributed by atoms with E-state index < -0.39 is 0 Å². The van der Waals surface area contributed by atoms with Crippen LogP contribution in [0.15, 0.2) is 18.2 Å². The van der Waals surface area contributed by atoms with Crippen LogP contribution in [0.3, 0.4) is 0 Å². The van der Waals surface area contributed by atoms with Crippen molar-refractivity contribution in [3.8, 4) is 11.5 Å². The zero-order valence-electron chi connectivity index (χ0n) is 10.5. The van der Waals surface area contributed by atoms with Gasteiger partial charge in [0.15, 0.2) is 5.11 Å². The van der Waals surface area contributed by atoms with Crippen LogP contribution in [0.1, 0.15) is 6.42 Å². The van der Waals surface area contributed by atoms with Crippen LogP contribution in [0.2, 0.25) is 0 Å². The fourth-order valence-corrected chi connectivity index (χ4v) is 1.56. The Bertz CT molecular complexity index is 399. The molecule has 0 radical (unpaired) electrons. The lowest BCUT2D eigenvalue weighted by atomic mass is 10.2. The molecule has 0 aromatic heterocycles. The van der Waals surface area contributed by atoms with E-state index in [1.807, 2.05) is 12.1 Å². The second kappa shape index (κ2) is 7.73. The highest BCUT2D eigenvalue weighted by Crippen LogP contribution is 2.28. The topological polar surface area (TPSA) is 62.8 Å². The Hall–Kier alpha value is -1.53. The van der Waals surface area contributed by atoms with Gasteiger partial charge < -0.3 is 25.2 Å². The van der Waals surface area contributed by atoms with Crippen molar-refractivity contribution in [2.45, 2.75) is 6.42 Å². The van der Waals surface area contributed by atoms with Gasteiger partial charge in [-0.1, -0.05) is 0 Å². The van der Waals surface area contributed by atoms with E-state index in [0.29, 0.717) is 23.8 Å². The number of aliphatic hydroxyl groups excluding tert-OH is 1. The summed E-state index contributed by atoms with van der Waals surface area (Å²) in [5.41, 5.74) is 0.764. The summed E-state index contributed by atoms with van der Waals surface area (Å²) in [4.78, 5) is 0. The zero-order chi connectivity index (χ0) is 13.4. The average molecular weight is 270 g/mol. The van der Waals surface area contributed by atoms with E-state index in [-0.39, 0.29) is 6.61 Å². The van der Waals surface area contributed by atoms with Gasteiger partial charge in [-0.15, -0.1) is 0 Å². The molecule has 0 aliphatic carbocycles. The number of aliphatic hydroxyl groups is 1. The van der Waals surface area contributed by atoms with E-state index in [9.17, 15) is 0 Å². The minimum Gasteiger partial charge on any atom is -0.497 e. The van der Waals surface area contributed by atoms with E-state index in [1.165, 1.54) is 0 Å². The van der Waals surface area contributed by atoms with Crippen LogP contribution in [-0.2, 0) is 0 Å². The summed E-state index contributed by atoms with van der Waals surface area (Å²) in [5, 5.41) is 15.2. The van der Waals surface area contributed by atoms with Crippen LogP contribution in [0, 0.1) is 0 Å². The second-order valence-electron chi connectivity index (χ2n) is 3.52. The number of nitrogens with one attached hydrogen (secondary N) is 2. The summed E-state index contributed by atoms with van der Waals surface area (Å²) in [7, 11) is 3.19. The number of hydrogen-bond acceptors (Lipinski definition) is 4. The maximum Gasteiger partial charge on any atom is 0.170 e. The molecule has 0 spiro atoms. The molecule has 0 heterocycles. The van der Waals surface area contributed by atoms with Crippen LogP contribution in [0.5, 0.6) is 11.5 Å². The third-order valence-electron chi connectivity index (χ3n) is 2.28. The number of methoxy groups -OCH3 is 2. The maximum atomic E-state index is 8.67. The molecule has 18 heavy (non-hydrogen) atoms. The fourth-order valence-electron chi connectivity index (χ4n) is 1.35.